The molecule has 6 nitrogen and oxygen atoms in total. The van der Waals surface area contributed by atoms with Gasteiger partial charge in [-0.1, -0.05) is 37.3 Å². The molecule has 0 radical (unpaired) electrons. The monoisotopic (exact) mass is 461 g/mol. The molecule has 7 heteroatoms. The van der Waals surface area contributed by atoms with Crippen LogP contribution in [0.5, 0.6) is 5.75 Å². The highest BCUT2D eigenvalue weighted by Gasteiger charge is 2.09. The van der Waals surface area contributed by atoms with Crippen molar-refractivity contribution in [2.24, 2.45) is 0 Å². The number of carbonyl (C=O) groups excluding carboxylic acids is 2. The van der Waals surface area contributed by atoms with Crippen molar-refractivity contribution >= 4 is 40.5 Å². The molecule has 0 aliphatic rings. The second-order valence-corrected chi connectivity index (χ2v) is 7.80. The normalized spacial score (nSPS) is 10.2. The van der Waals surface area contributed by atoms with Gasteiger partial charge in [0.15, 0.2) is 5.11 Å². The largest absolute Gasteiger partial charge is 0.494 e. The number of benzene rings is 3. The molecule has 0 aliphatic heterocycles. The van der Waals surface area contributed by atoms with Crippen LogP contribution in [0.3, 0.4) is 0 Å². The fourth-order valence-corrected chi connectivity index (χ4v) is 3.23. The van der Waals surface area contributed by atoms with E-state index in [-0.39, 0.29) is 16.9 Å². The highest BCUT2D eigenvalue weighted by atomic mass is 32.1. The van der Waals surface area contributed by atoms with E-state index >= 15 is 0 Å². The number of anilines is 2. The molecule has 0 bridgehead atoms. The van der Waals surface area contributed by atoms with Crippen molar-refractivity contribution < 1.29 is 14.3 Å². The maximum absolute atomic E-state index is 12.4. The predicted molar refractivity (Wildman–Crippen MR) is 136 cm³/mol. The molecule has 0 fully saturated rings. The number of thiocarbonyl (C=S) groups is 1. The summed E-state index contributed by atoms with van der Waals surface area (Å²) in [6.07, 6.45) is 2.02. The van der Waals surface area contributed by atoms with Crippen molar-refractivity contribution in [3.8, 4) is 5.75 Å². The second kappa shape index (κ2) is 12.4. The molecular formula is C26H27N3O3S. The van der Waals surface area contributed by atoms with Crippen LogP contribution in [0.25, 0.3) is 0 Å². The van der Waals surface area contributed by atoms with Gasteiger partial charge in [0, 0.05) is 23.4 Å². The average molecular weight is 462 g/mol. The SMILES string of the molecule is CCCOc1ccc(C(=O)NC(=S)Nc2ccc(NC(=O)CCc3ccccc3)cc2)cc1. The van der Waals surface area contributed by atoms with Crippen molar-refractivity contribution in [3.63, 3.8) is 0 Å². The standard InChI is InChI=1S/C26H27N3O3S/c1-2-18-32-23-15-9-20(10-16-23)25(31)29-26(33)28-22-13-11-21(12-14-22)27-24(30)17-8-19-6-4-3-5-7-19/h3-7,9-16H,2,8,17-18H2,1H3,(H,27,30)(H2,28,29,31,33). The Kier molecular flexibility index (Phi) is 8.97. The zero-order valence-corrected chi connectivity index (χ0v) is 19.3. The summed E-state index contributed by atoms with van der Waals surface area (Å²) in [7, 11) is 0. The van der Waals surface area contributed by atoms with Crippen LogP contribution >= 0.6 is 12.2 Å². The van der Waals surface area contributed by atoms with Gasteiger partial charge in [-0.25, -0.2) is 0 Å². The summed E-state index contributed by atoms with van der Waals surface area (Å²) in [6.45, 7) is 2.67. The molecule has 3 aromatic rings. The van der Waals surface area contributed by atoms with Crippen LogP contribution in [-0.4, -0.2) is 23.5 Å². The molecular weight excluding hydrogens is 434 g/mol. The molecule has 0 saturated heterocycles. The van der Waals surface area contributed by atoms with Crippen molar-refractivity contribution in [1.82, 2.24) is 5.32 Å². The smallest absolute Gasteiger partial charge is 0.257 e. The van der Waals surface area contributed by atoms with Crippen LogP contribution in [0, 0.1) is 0 Å². The summed E-state index contributed by atoms with van der Waals surface area (Å²) >= 11 is 5.24. The third-order valence-corrected chi connectivity index (χ3v) is 4.93. The number of ether oxygens (including phenoxy) is 1. The first-order valence-electron chi connectivity index (χ1n) is 10.8. The summed E-state index contributed by atoms with van der Waals surface area (Å²) in [4.78, 5) is 24.6. The van der Waals surface area contributed by atoms with E-state index in [2.05, 4.69) is 16.0 Å². The lowest BCUT2D eigenvalue weighted by Gasteiger charge is -2.11. The van der Waals surface area contributed by atoms with E-state index < -0.39 is 0 Å². The molecule has 3 N–H and O–H groups in total. The summed E-state index contributed by atoms with van der Waals surface area (Å²) in [5.41, 5.74) is 3.00. The molecule has 33 heavy (non-hydrogen) atoms. The van der Waals surface area contributed by atoms with E-state index in [1.165, 1.54) is 0 Å². The third-order valence-electron chi connectivity index (χ3n) is 4.73. The van der Waals surface area contributed by atoms with E-state index in [0.29, 0.717) is 36.4 Å². The topological polar surface area (TPSA) is 79.5 Å². The van der Waals surface area contributed by atoms with E-state index in [4.69, 9.17) is 17.0 Å². The number of hydrogen-bond acceptors (Lipinski definition) is 4. The maximum atomic E-state index is 12.4. The molecule has 0 aliphatic carbocycles. The van der Waals surface area contributed by atoms with Crippen molar-refractivity contribution in [2.45, 2.75) is 26.2 Å². The lowest BCUT2D eigenvalue weighted by Crippen LogP contribution is -2.34. The molecule has 0 unspecified atom stereocenters. The molecule has 170 valence electrons. The summed E-state index contributed by atoms with van der Waals surface area (Å²) in [5, 5.41) is 8.70. The Balaban J connectivity index is 1.44. The van der Waals surface area contributed by atoms with Crippen molar-refractivity contribution in [2.75, 3.05) is 17.2 Å². The molecule has 3 rings (SSSR count). The Bertz CT molecular complexity index is 1070. The minimum Gasteiger partial charge on any atom is -0.494 e. The first-order chi connectivity index (χ1) is 16.0. The fourth-order valence-electron chi connectivity index (χ4n) is 3.02. The van der Waals surface area contributed by atoms with E-state index in [1.54, 1.807) is 48.5 Å². The van der Waals surface area contributed by atoms with Crippen LogP contribution in [0.15, 0.2) is 78.9 Å². The fraction of sp³-hybridized carbons (Fsp3) is 0.192. The minimum absolute atomic E-state index is 0.0477. The van der Waals surface area contributed by atoms with Gasteiger partial charge in [0.1, 0.15) is 5.75 Å². The van der Waals surface area contributed by atoms with Gasteiger partial charge in [0.25, 0.3) is 5.91 Å². The van der Waals surface area contributed by atoms with Gasteiger partial charge < -0.3 is 15.4 Å². The van der Waals surface area contributed by atoms with Gasteiger partial charge in [-0.05, 0) is 79.2 Å². The summed E-state index contributed by atoms with van der Waals surface area (Å²) < 4.78 is 5.52. The molecule has 0 saturated carbocycles. The van der Waals surface area contributed by atoms with E-state index in [0.717, 1.165) is 17.7 Å². The molecule has 3 aromatic carbocycles. The number of nitrogens with one attached hydrogen (secondary N) is 3. The second-order valence-electron chi connectivity index (χ2n) is 7.39. The van der Waals surface area contributed by atoms with E-state index in [9.17, 15) is 9.59 Å². The quantitative estimate of drug-likeness (QED) is 0.383. The number of carbonyl (C=O) groups is 2. The van der Waals surface area contributed by atoms with Gasteiger partial charge in [-0.3, -0.25) is 14.9 Å². The molecule has 0 atom stereocenters. The van der Waals surface area contributed by atoms with Crippen molar-refractivity contribution in [1.29, 1.82) is 0 Å². The van der Waals surface area contributed by atoms with Crippen LogP contribution < -0.4 is 20.7 Å². The Labute approximate surface area is 199 Å². The predicted octanol–water partition coefficient (Wildman–Crippen LogP) is 5.17. The highest BCUT2D eigenvalue weighted by Crippen LogP contribution is 2.15. The van der Waals surface area contributed by atoms with Gasteiger partial charge in [0.2, 0.25) is 5.91 Å². The Morgan fingerprint density at radius 1 is 0.848 bits per heavy atom. The first kappa shape index (κ1) is 23.9. The number of aryl methyl sites for hydroxylation is 1. The highest BCUT2D eigenvalue weighted by molar-refractivity contribution is 7.80. The number of amides is 2. The number of hydrogen-bond donors (Lipinski definition) is 3. The first-order valence-corrected chi connectivity index (χ1v) is 11.2. The average Bonchev–Trinajstić information content (AvgIpc) is 2.83. The molecule has 0 spiro atoms. The van der Waals surface area contributed by atoms with Crippen molar-refractivity contribution in [3.05, 3.63) is 90.0 Å². The van der Waals surface area contributed by atoms with Gasteiger partial charge in [-0.15, -0.1) is 0 Å². The van der Waals surface area contributed by atoms with Gasteiger partial charge >= 0.3 is 0 Å². The summed E-state index contributed by atoms with van der Waals surface area (Å²) in [5.74, 6) is 0.367. The van der Waals surface area contributed by atoms with Crippen LogP contribution in [-0.2, 0) is 11.2 Å². The van der Waals surface area contributed by atoms with Gasteiger partial charge in [0.05, 0.1) is 6.61 Å². The van der Waals surface area contributed by atoms with E-state index in [1.807, 2.05) is 37.3 Å². The van der Waals surface area contributed by atoms with Crippen LogP contribution in [0.1, 0.15) is 35.7 Å². The molecule has 0 heterocycles. The molecule has 0 aromatic heterocycles. The zero-order chi connectivity index (χ0) is 23.5. The Morgan fingerprint density at radius 2 is 1.48 bits per heavy atom. The third kappa shape index (κ3) is 8.05. The van der Waals surface area contributed by atoms with Gasteiger partial charge in [-0.2, -0.15) is 0 Å². The summed E-state index contributed by atoms with van der Waals surface area (Å²) in [6, 6.07) is 23.9. The van der Waals surface area contributed by atoms with Crippen LogP contribution in [0.2, 0.25) is 0 Å². The Morgan fingerprint density at radius 3 is 2.12 bits per heavy atom. The lowest BCUT2D eigenvalue weighted by molar-refractivity contribution is -0.116. The zero-order valence-electron chi connectivity index (χ0n) is 18.5. The lowest BCUT2D eigenvalue weighted by atomic mass is 10.1. The molecule has 2 amide bonds. The maximum Gasteiger partial charge on any atom is 0.257 e. The van der Waals surface area contributed by atoms with Crippen LogP contribution in [0.4, 0.5) is 11.4 Å². The minimum atomic E-state index is -0.308. The number of rotatable bonds is 9. The Hall–Kier alpha value is -3.71.